The zero-order valence-electron chi connectivity index (χ0n) is 13.3. The number of rotatable bonds is 6. The molecular weight excluding hydrogens is 370 g/mol. The van der Waals surface area contributed by atoms with E-state index in [2.05, 4.69) is 4.40 Å². The number of nitro benzene ring substituents is 1. The Balaban J connectivity index is 2.29. The molecule has 0 aliphatic carbocycles. The first-order valence-electron chi connectivity index (χ1n) is 6.88. The molecule has 10 heteroatoms. The van der Waals surface area contributed by atoms with Gasteiger partial charge in [-0.3, -0.25) is 10.1 Å². The van der Waals surface area contributed by atoms with E-state index in [1.54, 1.807) is 14.1 Å². The van der Waals surface area contributed by atoms with Crippen molar-refractivity contribution in [3.63, 3.8) is 0 Å². The monoisotopic (exact) mass is 383 g/mol. The minimum Gasteiger partial charge on any atom is -0.449 e. The Morgan fingerprint density at radius 3 is 2.40 bits per heavy atom. The smallest absolute Gasteiger partial charge is 0.313 e. The predicted octanol–water partition coefficient (Wildman–Crippen LogP) is 3.32. The highest BCUT2D eigenvalue weighted by Crippen LogP contribution is 2.37. The van der Waals surface area contributed by atoms with Gasteiger partial charge in [-0.1, -0.05) is 17.7 Å². The fourth-order valence-corrected chi connectivity index (χ4v) is 2.88. The van der Waals surface area contributed by atoms with Crippen LogP contribution in [0.4, 0.5) is 5.69 Å². The van der Waals surface area contributed by atoms with Gasteiger partial charge in [-0.25, -0.2) is 0 Å². The van der Waals surface area contributed by atoms with Crippen molar-refractivity contribution in [3.05, 3.63) is 57.6 Å². The quantitative estimate of drug-likeness (QED) is 0.328. The highest BCUT2D eigenvalue weighted by Gasteiger charge is 2.19. The topological polar surface area (TPSA) is 102 Å². The molecule has 0 aromatic heterocycles. The Kier molecular flexibility index (Phi) is 5.60. The van der Waals surface area contributed by atoms with E-state index in [9.17, 15) is 18.5 Å². The van der Waals surface area contributed by atoms with Gasteiger partial charge in [0.05, 0.1) is 14.8 Å². The number of nitrogens with zero attached hydrogens (tertiary/aromatic N) is 3. The van der Waals surface area contributed by atoms with Crippen molar-refractivity contribution >= 4 is 33.7 Å². The number of ether oxygens (including phenoxy) is 1. The molecule has 25 heavy (non-hydrogen) atoms. The van der Waals surface area contributed by atoms with Crippen molar-refractivity contribution in [3.8, 4) is 11.5 Å². The van der Waals surface area contributed by atoms with Crippen LogP contribution in [0.15, 0.2) is 51.8 Å². The van der Waals surface area contributed by atoms with E-state index in [-0.39, 0.29) is 27.1 Å². The Labute approximate surface area is 149 Å². The molecular formula is C15H14ClN3O5S. The zero-order chi connectivity index (χ0) is 18.6. The van der Waals surface area contributed by atoms with Crippen LogP contribution in [0, 0.1) is 10.1 Å². The van der Waals surface area contributed by atoms with Crippen molar-refractivity contribution in [1.82, 2.24) is 4.90 Å². The maximum Gasteiger partial charge on any atom is 0.313 e. The Hall–Kier alpha value is -2.65. The molecule has 2 aromatic rings. The van der Waals surface area contributed by atoms with Gasteiger partial charge in [0.15, 0.2) is 0 Å². The van der Waals surface area contributed by atoms with Crippen molar-refractivity contribution in [2.75, 3.05) is 14.1 Å². The number of para-hydroxylation sites is 1. The molecule has 0 bridgehead atoms. The Bertz CT molecular complexity index is 911. The molecule has 0 amide bonds. The van der Waals surface area contributed by atoms with E-state index in [0.29, 0.717) is 0 Å². The van der Waals surface area contributed by atoms with E-state index < -0.39 is 14.9 Å². The molecule has 0 saturated carbocycles. The van der Waals surface area contributed by atoms with Gasteiger partial charge < -0.3 is 9.64 Å². The highest BCUT2D eigenvalue weighted by atomic mass is 35.5. The summed E-state index contributed by atoms with van der Waals surface area (Å²) in [4.78, 5) is 11.9. The second-order valence-electron chi connectivity index (χ2n) is 5.08. The molecule has 0 unspecified atom stereocenters. The summed E-state index contributed by atoms with van der Waals surface area (Å²) in [6.45, 7) is 0. The third-order valence-electron chi connectivity index (χ3n) is 2.90. The molecule has 0 fully saturated rings. The number of halogens is 1. The molecule has 0 heterocycles. The lowest BCUT2D eigenvalue weighted by atomic mass is 10.3. The summed E-state index contributed by atoms with van der Waals surface area (Å²) in [5, 5.41) is 11.1. The summed E-state index contributed by atoms with van der Waals surface area (Å²) in [5.74, 6) is 0.0853. The standard InChI is InChI=1S/C15H14ClN3O5S/c1-18(2)10-17-25(22,23)12-8-6-11(7-9-12)24-15-13(16)4-3-5-14(15)19(20)21/h3-10H,1-2H3. The first kappa shape index (κ1) is 18.7. The van der Waals surface area contributed by atoms with Gasteiger partial charge in [-0.15, -0.1) is 4.40 Å². The summed E-state index contributed by atoms with van der Waals surface area (Å²) in [6, 6.07) is 9.47. The molecule has 2 aromatic carbocycles. The summed E-state index contributed by atoms with van der Waals surface area (Å²) in [7, 11) is -0.546. The lowest BCUT2D eigenvalue weighted by Gasteiger charge is -2.08. The van der Waals surface area contributed by atoms with Gasteiger partial charge in [-0.2, -0.15) is 8.42 Å². The first-order valence-corrected chi connectivity index (χ1v) is 8.70. The summed E-state index contributed by atoms with van der Waals surface area (Å²) in [6.07, 6.45) is 1.17. The summed E-state index contributed by atoms with van der Waals surface area (Å²) in [5.41, 5.74) is -0.292. The van der Waals surface area contributed by atoms with Gasteiger partial charge in [0.25, 0.3) is 10.0 Å². The maximum absolute atomic E-state index is 12.0. The molecule has 0 saturated heterocycles. The second kappa shape index (κ2) is 7.49. The van der Waals surface area contributed by atoms with Gasteiger partial charge in [0, 0.05) is 20.2 Å². The van der Waals surface area contributed by atoms with Crippen LogP contribution in [0.5, 0.6) is 11.5 Å². The minimum atomic E-state index is -3.84. The third kappa shape index (κ3) is 4.68. The highest BCUT2D eigenvalue weighted by molar-refractivity contribution is 7.90. The van der Waals surface area contributed by atoms with Crippen LogP contribution in [0.25, 0.3) is 0 Å². The fraction of sp³-hybridized carbons (Fsp3) is 0.133. The number of hydrogen-bond acceptors (Lipinski definition) is 5. The van der Waals surface area contributed by atoms with E-state index in [1.807, 2.05) is 0 Å². The third-order valence-corrected chi connectivity index (χ3v) is 4.44. The lowest BCUT2D eigenvalue weighted by Crippen LogP contribution is -2.10. The summed E-state index contributed by atoms with van der Waals surface area (Å²) >= 11 is 5.95. The zero-order valence-corrected chi connectivity index (χ0v) is 14.9. The van der Waals surface area contributed by atoms with Crippen LogP contribution in [0.1, 0.15) is 0 Å². The number of sulfonamides is 1. The Morgan fingerprint density at radius 2 is 1.84 bits per heavy atom. The molecule has 0 radical (unpaired) electrons. The predicted molar refractivity (Wildman–Crippen MR) is 94.0 cm³/mol. The fourth-order valence-electron chi connectivity index (χ4n) is 1.76. The normalized spacial score (nSPS) is 11.5. The number of nitro groups is 1. The molecule has 8 nitrogen and oxygen atoms in total. The van der Waals surface area contributed by atoms with Gasteiger partial charge in [0.2, 0.25) is 5.75 Å². The van der Waals surface area contributed by atoms with E-state index in [1.165, 1.54) is 53.7 Å². The number of hydrogen-bond donors (Lipinski definition) is 0. The van der Waals surface area contributed by atoms with E-state index in [4.69, 9.17) is 16.3 Å². The molecule has 0 aliphatic heterocycles. The summed E-state index contributed by atoms with van der Waals surface area (Å²) < 4.78 is 33.0. The second-order valence-corrected chi connectivity index (χ2v) is 7.12. The Morgan fingerprint density at radius 1 is 1.20 bits per heavy atom. The molecule has 2 rings (SSSR count). The van der Waals surface area contributed by atoms with Crippen molar-refractivity contribution in [2.45, 2.75) is 4.90 Å². The molecule has 0 N–H and O–H groups in total. The maximum atomic E-state index is 12.0. The minimum absolute atomic E-state index is 0.0355. The van der Waals surface area contributed by atoms with Crippen LogP contribution in [0.3, 0.4) is 0 Å². The first-order chi connectivity index (χ1) is 11.7. The van der Waals surface area contributed by atoms with Crippen molar-refractivity contribution in [1.29, 1.82) is 0 Å². The van der Waals surface area contributed by atoms with E-state index in [0.717, 1.165) is 0 Å². The van der Waals surface area contributed by atoms with Crippen molar-refractivity contribution < 1.29 is 18.1 Å². The average Bonchev–Trinajstić information content (AvgIpc) is 2.55. The molecule has 0 atom stereocenters. The largest absolute Gasteiger partial charge is 0.449 e. The van der Waals surface area contributed by atoms with Gasteiger partial charge in [0.1, 0.15) is 12.1 Å². The molecule has 0 aliphatic rings. The van der Waals surface area contributed by atoms with Gasteiger partial charge in [-0.05, 0) is 30.3 Å². The van der Waals surface area contributed by atoms with Crippen LogP contribution in [0.2, 0.25) is 5.02 Å². The lowest BCUT2D eigenvalue weighted by molar-refractivity contribution is -0.385. The van der Waals surface area contributed by atoms with Crippen LogP contribution >= 0.6 is 11.6 Å². The van der Waals surface area contributed by atoms with Crippen LogP contribution in [-0.4, -0.2) is 38.7 Å². The van der Waals surface area contributed by atoms with Crippen LogP contribution in [-0.2, 0) is 10.0 Å². The SMILES string of the molecule is CN(C)C=NS(=O)(=O)c1ccc(Oc2c(Cl)cccc2[N+](=O)[O-])cc1. The molecule has 0 spiro atoms. The van der Waals surface area contributed by atoms with E-state index >= 15 is 0 Å². The van der Waals surface area contributed by atoms with Gasteiger partial charge >= 0.3 is 5.69 Å². The average molecular weight is 384 g/mol. The van der Waals surface area contributed by atoms with Crippen molar-refractivity contribution in [2.24, 2.45) is 4.40 Å². The van der Waals surface area contributed by atoms with Crippen LogP contribution < -0.4 is 4.74 Å². The molecule has 132 valence electrons. The number of benzene rings is 2.